The number of halogens is 1. The van der Waals surface area contributed by atoms with Crippen LogP contribution in [-0.4, -0.2) is 37.1 Å². The maximum atomic E-state index is 14.5. The van der Waals surface area contributed by atoms with E-state index >= 15 is 0 Å². The molecule has 2 heterocycles. The Morgan fingerprint density at radius 3 is 2.42 bits per heavy atom. The summed E-state index contributed by atoms with van der Waals surface area (Å²) in [7, 11) is 0. The van der Waals surface area contributed by atoms with Crippen LogP contribution in [0.1, 0.15) is 22.6 Å². The minimum Gasteiger partial charge on any atom is -0.508 e. The van der Waals surface area contributed by atoms with Gasteiger partial charge < -0.3 is 20.5 Å². The lowest BCUT2D eigenvalue weighted by molar-refractivity contribution is 0.309. The van der Waals surface area contributed by atoms with Gasteiger partial charge in [0.05, 0.1) is 11.3 Å². The zero-order chi connectivity index (χ0) is 19.0. The number of amidine groups is 1. The average Bonchev–Trinajstić information content (AvgIpc) is 3.06. The monoisotopic (exact) mass is 357 g/mol. The molecule has 0 fully saturated rings. The summed E-state index contributed by atoms with van der Waals surface area (Å²) in [5.41, 5.74) is 9.07. The van der Waals surface area contributed by atoms with Crippen molar-refractivity contribution in [1.82, 2.24) is 14.3 Å². The number of aryl methyl sites for hydroxylation is 3. The molecule has 0 bridgehead atoms. The molecule has 0 aliphatic heterocycles. The lowest BCUT2D eigenvalue weighted by Crippen LogP contribution is -2.19. The van der Waals surface area contributed by atoms with Crippen molar-refractivity contribution in [2.75, 3.05) is 6.73 Å². The normalized spacial score (nSPS) is 12.0. The van der Waals surface area contributed by atoms with E-state index in [1.165, 1.54) is 16.8 Å². The van der Waals surface area contributed by atoms with Gasteiger partial charge in [0.25, 0.3) is 0 Å². The largest absolute Gasteiger partial charge is 0.508 e. The molecule has 1 aromatic carbocycles. The van der Waals surface area contributed by atoms with Crippen molar-refractivity contribution in [1.29, 1.82) is 0 Å². The van der Waals surface area contributed by atoms with E-state index in [0.717, 1.165) is 17.5 Å². The van der Waals surface area contributed by atoms with Gasteiger partial charge in [-0.2, -0.15) is 5.10 Å². The molecule has 0 saturated carbocycles. The zero-order valence-corrected chi connectivity index (χ0v) is 14.7. The highest BCUT2D eigenvalue weighted by molar-refractivity contribution is 6.01. The number of aliphatic hydroxyl groups excluding tert-OH is 1. The molecule has 0 aliphatic rings. The van der Waals surface area contributed by atoms with Crippen molar-refractivity contribution in [3.05, 3.63) is 58.8 Å². The standard InChI is InChI=1S/C18H20FN5O2/c1-10-4-5-11(2)23(10)18-16(17(20)21-9-25)12(3)22-24(18)15-7-6-13(26)8-14(15)19/h4-8,25-26H,9H2,1-3H3,(H2,20,21). The van der Waals surface area contributed by atoms with Crippen LogP contribution < -0.4 is 5.73 Å². The van der Waals surface area contributed by atoms with Crippen LogP contribution in [-0.2, 0) is 0 Å². The highest BCUT2D eigenvalue weighted by Crippen LogP contribution is 2.28. The van der Waals surface area contributed by atoms with Crippen LogP contribution >= 0.6 is 0 Å². The summed E-state index contributed by atoms with van der Waals surface area (Å²) in [6.45, 7) is 5.10. The SMILES string of the molecule is Cc1nn(-c2ccc(O)cc2F)c(-n2c(C)ccc2C)c1C(N)=NCO. The average molecular weight is 357 g/mol. The van der Waals surface area contributed by atoms with Gasteiger partial charge in [0.2, 0.25) is 0 Å². The molecule has 0 atom stereocenters. The van der Waals surface area contributed by atoms with Crippen LogP contribution in [0.2, 0.25) is 0 Å². The molecule has 0 aliphatic carbocycles. The topological polar surface area (TPSA) is 102 Å². The van der Waals surface area contributed by atoms with Gasteiger partial charge in [-0.25, -0.2) is 14.1 Å². The van der Waals surface area contributed by atoms with Gasteiger partial charge >= 0.3 is 0 Å². The van der Waals surface area contributed by atoms with Crippen molar-refractivity contribution in [2.45, 2.75) is 20.8 Å². The Morgan fingerprint density at radius 2 is 1.85 bits per heavy atom. The van der Waals surface area contributed by atoms with Gasteiger partial charge in [-0.15, -0.1) is 0 Å². The molecule has 2 aromatic heterocycles. The lowest BCUT2D eigenvalue weighted by atomic mass is 10.2. The summed E-state index contributed by atoms with van der Waals surface area (Å²) in [5, 5.41) is 23.1. The maximum absolute atomic E-state index is 14.5. The molecule has 0 spiro atoms. The van der Waals surface area contributed by atoms with Crippen LogP contribution in [0.25, 0.3) is 11.5 Å². The van der Waals surface area contributed by atoms with Crippen molar-refractivity contribution in [3.8, 4) is 17.3 Å². The van der Waals surface area contributed by atoms with E-state index < -0.39 is 12.5 Å². The first-order chi connectivity index (χ1) is 12.3. The van der Waals surface area contributed by atoms with Crippen LogP contribution in [0.5, 0.6) is 5.75 Å². The quantitative estimate of drug-likeness (QED) is 0.491. The molecule has 3 aromatic rings. The fourth-order valence-corrected chi connectivity index (χ4v) is 3.01. The Hall–Kier alpha value is -3.13. The second-order valence-electron chi connectivity index (χ2n) is 5.97. The number of aliphatic imine (C=N–C) groups is 1. The number of rotatable bonds is 4. The van der Waals surface area contributed by atoms with Crippen molar-refractivity contribution in [2.24, 2.45) is 10.7 Å². The fraction of sp³-hybridized carbons (Fsp3) is 0.222. The van der Waals surface area contributed by atoms with Gasteiger partial charge in [0.15, 0.2) is 11.6 Å². The Kier molecular flexibility index (Phi) is 4.52. The Balaban J connectivity index is 2.40. The smallest absolute Gasteiger partial charge is 0.152 e. The molecule has 4 N–H and O–H groups in total. The molecule has 0 unspecified atom stereocenters. The third-order valence-corrected chi connectivity index (χ3v) is 4.18. The van der Waals surface area contributed by atoms with Crippen LogP contribution in [0, 0.1) is 26.6 Å². The third kappa shape index (κ3) is 2.84. The van der Waals surface area contributed by atoms with Crippen LogP contribution in [0.15, 0.2) is 35.3 Å². The molecule has 0 radical (unpaired) electrons. The maximum Gasteiger partial charge on any atom is 0.152 e. The number of nitrogens with zero attached hydrogens (tertiary/aromatic N) is 4. The molecule has 3 rings (SSSR count). The van der Waals surface area contributed by atoms with E-state index in [1.54, 1.807) is 6.92 Å². The first-order valence-electron chi connectivity index (χ1n) is 8.00. The van der Waals surface area contributed by atoms with E-state index in [-0.39, 0.29) is 17.3 Å². The number of hydrogen-bond acceptors (Lipinski definition) is 4. The van der Waals surface area contributed by atoms with Crippen molar-refractivity contribution in [3.63, 3.8) is 0 Å². The van der Waals surface area contributed by atoms with E-state index in [4.69, 9.17) is 10.8 Å². The van der Waals surface area contributed by atoms with Crippen molar-refractivity contribution < 1.29 is 14.6 Å². The summed E-state index contributed by atoms with van der Waals surface area (Å²) >= 11 is 0. The predicted octanol–water partition coefficient (Wildman–Crippen LogP) is 2.09. The highest BCUT2D eigenvalue weighted by Gasteiger charge is 2.24. The molecule has 8 heteroatoms. The van der Waals surface area contributed by atoms with Gasteiger partial charge in [0.1, 0.15) is 24.0 Å². The minimum absolute atomic E-state index is 0.109. The van der Waals surface area contributed by atoms with Crippen molar-refractivity contribution >= 4 is 5.84 Å². The number of aromatic nitrogens is 3. The van der Waals surface area contributed by atoms with Gasteiger partial charge in [-0.05, 0) is 45.0 Å². The van der Waals surface area contributed by atoms with Gasteiger partial charge in [-0.1, -0.05) is 0 Å². The summed E-state index contributed by atoms with van der Waals surface area (Å²) in [6.07, 6.45) is 0. The number of benzene rings is 1. The van der Waals surface area contributed by atoms with E-state index in [1.807, 2.05) is 30.5 Å². The molecule has 26 heavy (non-hydrogen) atoms. The van der Waals surface area contributed by atoms with Crippen LogP contribution in [0.4, 0.5) is 4.39 Å². The van der Waals surface area contributed by atoms with E-state index in [9.17, 15) is 9.50 Å². The van der Waals surface area contributed by atoms with Gasteiger partial charge in [-0.3, -0.25) is 0 Å². The number of phenols is 1. The Bertz CT molecular complexity index is 984. The summed E-state index contributed by atoms with van der Waals surface area (Å²) in [5.74, 6) is -0.174. The third-order valence-electron chi connectivity index (χ3n) is 4.18. The Morgan fingerprint density at radius 1 is 1.19 bits per heavy atom. The molecular formula is C18H20FN5O2. The second kappa shape index (κ2) is 6.64. The number of aromatic hydroxyl groups is 1. The molecule has 0 saturated heterocycles. The molecule has 136 valence electrons. The highest BCUT2D eigenvalue weighted by atomic mass is 19.1. The fourth-order valence-electron chi connectivity index (χ4n) is 3.01. The van der Waals surface area contributed by atoms with E-state index in [2.05, 4.69) is 10.1 Å². The number of nitrogens with two attached hydrogens (primary N) is 1. The zero-order valence-electron chi connectivity index (χ0n) is 14.7. The lowest BCUT2D eigenvalue weighted by Gasteiger charge is -2.15. The number of hydrogen-bond donors (Lipinski definition) is 3. The second-order valence-corrected chi connectivity index (χ2v) is 5.97. The van der Waals surface area contributed by atoms with Gasteiger partial charge in [0, 0.05) is 17.5 Å². The van der Waals surface area contributed by atoms with Crippen LogP contribution in [0.3, 0.4) is 0 Å². The first kappa shape index (κ1) is 17.7. The predicted molar refractivity (Wildman–Crippen MR) is 96.5 cm³/mol. The summed E-state index contributed by atoms with van der Waals surface area (Å²) < 4.78 is 17.8. The molecule has 7 nitrogen and oxygen atoms in total. The molecule has 0 amide bonds. The number of aliphatic hydroxyl groups is 1. The minimum atomic E-state index is -0.625. The van der Waals surface area contributed by atoms with E-state index in [0.29, 0.717) is 17.1 Å². The first-order valence-corrected chi connectivity index (χ1v) is 8.00. The Labute approximate surface area is 149 Å². The molecular weight excluding hydrogens is 337 g/mol. The summed E-state index contributed by atoms with van der Waals surface area (Å²) in [6, 6.07) is 7.71. The summed E-state index contributed by atoms with van der Waals surface area (Å²) in [4.78, 5) is 3.88. The number of phenolic OH excluding ortho intramolecular Hbond substituents is 1.